The number of carbonyl (C=O) groups is 2. The normalized spacial score (nSPS) is 16.6. The van der Waals surface area contributed by atoms with E-state index in [0.717, 1.165) is 34.9 Å². The summed E-state index contributed by atoms with van der Waals surface area (Å²) in [5, 5.41) is 0. The summed E-state index contributed by atoms with van der Waals surface area (Å²) < 4.78 is 40.6. The second-order valence-electron chi connectivity index (χ2n) is 8.44. The van der Waals surface area contributed by atoms with Crippen LogP contribution in [0.2, 0.25) is 0 Å². The number of fused-ring (bicyclic) bond motifs is 2. The first-order valence-corrected chi connectivity index (χ1v) is 10.9. The van der Waals surface area contributed by atoms with Gasteiger partial charge in [0.25, 0.3) is 0 Å². The van der Waals surface area contributed by atoms with Gasteiger partial charge >= 0.3 is 0 Å². The van der Waals surface area contributed by atoms with E-state index in [1.807, 2.05) is 6.07 Å². The predicted octanol–water partition coefficient (Wildman–Crippen LogP) is 4.42. The van der Waals surface area contributed by atoms with Gasteiger partial charge in [0.15, 0.2) is 28.9 Å². The molecule has 2 aliphatic rings. The Kier molecular flexibility index (Phi) is 6.19. The van der Waals surface area contributed by atoms with Crippen LogP contribution < -0.4 is 14.4 Å². The molecule has 1 amide bonds. The number of allylic oxidation sites excluding steroid dienone is 1. The lowest BCUT2D eigenvalue weighted by Gasteiger charge is -2.41. The van der Waals surface area contributed by atoms with E-state index in [1.165, 1.54) is 20.3 Å². The summed E-state index contributed by atoms with van der Waals surface area (Å²) in [5.74, 6) is -2.74. The highest BCUT2D eigenvalue weighted by Gasteiger charge is 2.50. The molecular formula is C25H26F2N2O4. The number of methoxy groups -OCH3 is 2. The number of halogens is 2. The van der Waals surface area contributed by atoms with E-state index in [1.54, 1.807) is 6.20 Å². The molecule has 2 heterocycles. The molecule has 6 nitrogen and oxygen atoms in total. The summed E-state index contributed by atoms with van der Waals surface area (Å²) >= 11 is 0. The fourth-order valence-corrected chi connectivity index (χ4v) is 4.96. The van der Waals surface area contributed by atoms with Gasteiger partial charge < -0.3 is 14.4 Å². The lowest BCUT2D eigenvalue weighted by atomic mass is 9.73. The second kappa shape index (κ2) is 8.92. The first-order chi connectivity index (χ1) is 15.9. The molecule has 1 saturated carbocycles. The number of aryl methyl sites for hydroxylation is 1. The SMILES string of the molecule is C=CC(=O)CCc1cc2c(cn1)CN(c1c(F)c(OC)cc(OC)c1F)C(=O)C21CCCC1. The van der Waals surface area contributed by atoms with Gasteiger partial charge in [-0.05, 0) is 42.5 Å². The van der Waals surface area contributed by atoms with Gasteiger partial charge in [-0.1, -0.05) is 19.4 Å². The van der Waals surface area contributed by atoms with Gasteiger partial charge in [-0.15, -0.1) is 0 Å². The molecule has 0 N–H and O–H groups in total. The van der Waals surface area contributed by atoms with Crippen LogP contribution in [-0.4, -0.2) is 30.9 Å². The van der Waals surface area contributed by atoms with Crippen molar-refractivity contribution in [2.45, 2.75) is 50.5 Å². The van der Waals surface area contributed by atoms with Crippen LogP contribution in [0.15, 0.2) is 31.0 Å². The van der Waals surface area contributed by atoms with E-state index < -0.39 is 22.7 Å². The highest BCUT2D eigenvalue weighted by atomic mass is 19.1. The van der Waals surface area contributed by atoms with E-state index in [0.29, 0.717) is 25.0 Å². The van der Waals surface area contributed by atoms with Crippen molar-refractivity contribution >= 4 is 17.4 Å². The number of ether oxygens (including phenoxy) is 2. The van der Waals surface area contributed by atoms with Gasteiger partial charge in [0.2, 0.25) is 5.91 Å². The van der Waals surface area contributed by atoms with E-state index >= 15 is 8.78 Å². The number of hydrogen-bond acceptors (Lipinski definition) is 5. The molecule has 174 valence electrons. The zero-order valence-corrected chi connectivity index (χ0v) is 18.7. The van der Waals surface area contributed by atoms with Crippen molar-refractivity contribution in [2.75, 3.05) is 19.1 Å². The Bertz CT molecular complexity index is 1100. The molecule has 0 unspecified atom stereocenters. The van der Waals surface area contributed by atoms with E-state index in [2.05, 4.69) is 11.6 Å². The maximum Gasteiger partial charge on any atom is 0.238 e. The minimum absolute atomic E-state index is 0.0288. The van der Waals surface area contributed by atoms with Gasteiger partial charge in [0, 0.05) is 24.4 Å². The molecular weight excluding hydrogens is 430 g/mol. The number of nitrogens with zero attached hydrogens (tertiary/aromatic N) is 2. The first-order valence-electron chi connectivity index (χ1n) is 10.9. The summed E-state index contributed by atoms with van der Waals surface area (Å²) in [4.78, 5) is 31.1. The molecule has 0 radical (unpaired) electrons. The highest BCUT2D eigenvalue weighted by molar-refractivity contribution is 6.03. The number of ketones is 1. The van der Waals surface area contributed by atoms with E-state index in [9.17, 15) is 9.59 Å². The molecule has 1 aliphatic carbocycles. The number of aromatic nitrogens is 1. The zero-order chi connectivity index (χ0) is 23.8. The molecule has 4 rings (SSSR count). The molecule has 0 saturated heterocycles. The summed E-state index contributed by atoms with van der Waals surface area (Å²) in [6.45, 7) is 3.46. The molecule has 0 bridgehead atoms. The third-order valence-corrected chi connectivity index (χ3v) is 6.67. The molecule has 0 atom stereocenters. The Morgan fingerprint density at radius 2 is 1.82 bits per heavy atom. The molecule has 1 spiro atoms. The molecule has 1 aromatic carbocycles. The fraction of sp³-hybridized carbons (Fsp3) is 0.400. The van der Waals surface area contributed by atoms with Crippen LogP contribution in [0.1, 0.15) is 48.9 Å². The largest absolute Gasteiger partial charge is 0.493 e. The fourth-order valence-electron chi connectivity index (χ4n) is 4.96. The summed E-state index contributed by atoms with van der Waals surface area (Å²) in [6.07, 6.45) is 6.46. The van der Waals surface area contributed by atoms with E-state index in [4.69, 9.17) is 9.47 Å². The van der Waals surface area contributed by atoms with Crippen LogP contribution in [-0.2, 0) is 28.0 Å². The van der Waals surface area contributed by atoms with Crippen LogP contribution in [0.5, 0.6) is 11.5 Å². The Morgan fingerprint density at radius 1 is 1.18 bits per heavy atom. The summed E-state index contributed by atoms with van der Waals surface area (Å²) in [7, 11) is 2.54. The maximum absolute atomic E-state index is 15.3. The van der Waals surface area contributed by atoms with Crippen molar-refractivity contribution in [3.8, 4) is 11.5 Å². The van der Waals surface area contributed by atoms with Crippen molar-refractivity contribution in [3.05, 3.63) is 59.4 Å². The number of benzene rings is 1. The quantitative estimate of drug-likeness (QED) is 0.577. The van der Waals surface area contributed by atoms with Crippen molar-refractivity contribution in [1.29, 1.82) is 0 Å². The summed E-state index contributed by atoms with van der Waals surface area (Å²) in [5.41, 5.74) is 0.914. The number of carbonyl (C=O) groups excluding carboxylic acids is 2. The Hall–Kier alpha value is -3.29. The average Bonchev–Trinajstić information content (AvgIpc) is 3.32. The van der Waals surface area contributed by atoms with Crippen molar-refractivity contribution in [3.63, 3.8) is 0 Å². The highest BCUT2D eigenvalue weighted by Crippen LogP contribution is 2.49. The lowest BCUT2D eigenvalue weighted by Crippen LogP contribution is -2.50. The molecule has 33 heavy (non-hydrogen) atoms. The third kappa shape index (κ3) is 3.77. The lowest BCUT2D eigenvalue weighted by molar-refractivity contribution is -0.124. The second-order valence-corrected chi connectivity index (χ2v) is 8.44. The minimum Gasteiger partial charge on any atom is -0.493 e. The van der Waals surface area contributed by atoms with Gasteiger partial charge in [-0.25, -0.2) is 8.78 Å². The van der Waals surface area contributed by atoms with Crippen LogP contribution >= 0.6 is 0 Å². The number of hydrogen-bond donors (Lipinski definition) is 0. The number of amides is 1. The van der Waals surface area contributed by atoms with E-state index in [-0.39, 0.29) is 36.2 Å². The third-order valence-electron chi connectivity index (χ3n) is 6.67. The molecule has 2 aromatic rings. The molecule has 1 aromatic heterocycles. The average molecular weight is 456 g/mol. The topological polar surface area (TPSA) is 68.7 Å². The van der Waals surface area contributed by atoms with Crippen LogP contribution in [0.4, 0.5) is 14.5 Å². The maximum atomic E-state index is 15.3. The smallest absolute Gasteiger partial charge is 0.238 e. The number of rotatable bonds is 7. The van der Waals surface area contributed by atoms with Crippen molar-refractivity contribution in [1.82, 2.24) is 4.98 Å². The van der Waals surface area contributed by atoms with Gasteiger partial charge in [-0.2, -0.15) is 0 Å². The standard InChI is InChI=1S/C25H26F2N2O4/c1-4-17(30)8-7-16-11-18-15(13-28-16)14-29(24(31)25(18)9-5-6-10-25)23-21(26)19(32-2)12-20(33-3)22(23)27/h4,11-13H,1,5-10,14H2,2-3H3. The Morgan fingerprint density at radius 3 is 2.39 bits per heavy atom. The van der Waals surface area contributed by atoms with Crippen molar-refractivity contribution in [2.24, 2.45) is 0 Å². The minimum atomic E-state index is -0.951. The van der Waals surface area contributed by atoms with Gasteiger partial charge in [0.1, 0.15) is 5.69 Å². The summed E-state index contributed by atoms with van der Waals surface area (Å²) in [6, 6.07) is 3.01. The number of anilines is 1. The number of pyridine rings is 1. The monoisotopic (exact) mass is 456 g/mol. The Labute approximate surface area is 191 Å². The van der Waals surface area contributed by atoms with Crippen LogP contribution in [0, 0.1) is 11.6 Å². The predicted molar refractivity (Wildman–Crippen MR) is 119 cm³/mol. The first kappa shape index (κ1) is 22.9. The Balaban J connectivity index is 1.82. The van der Waals surface area contributed by atoms with Gasteiger partial charge in [0.05, 0.1) is 26.2 Å². The van der Waals surface area contributed by atoms with Crippen LogP contribution in [0.3, 0.4) is 0 Å². The molecule has 1 fully saturated rings. The zero-order valence-electron chi connectivity index (χ0n) is 18.7. The molecule has 8 heteroatoms. The van der Waals surface area contributed by atoms with Crippen molar-refractivity contribution < 1.29 is 27.8 Å². The molecule has 1 aliphatic heterocycles. The van der Waals surface area contributed by atoms with Gasteiger partial charge in [-0.3, -0.25) is 14.6 Å². The van der Waals surface area contributed by atoms with Crippen LogP contribution in [0.25, 0.3) is 0 Å².